The maximum atomic E-state index is 14.2. The molecule has 24 nitrogen and oxygen atoms in total. The Balaban J connectivity index is 0.970. The number of carbonyl (C=O) groups is 10. The molecule has 3 aromatic rings. The standard InChI is InChI=1S/C53H67N11O13S/c1-32(34-10-12-36(13-11-34)44-33(2)57-31-78-44)58-46(68)40-29-38(30-64(40)51(73)74)76-52(75)77-43(47(69)62-27-25-61(3)26-28-62)35-14-16-37(17-15-35)59-45(67)39(9-7-23-56-50(54)72)60-49(71)53(20-8-21-53)48(70)55-22-5-4-6-24-63-41(65)18-19-42(63)66/h10-19,31-32,38-40,43H,4-9,20-30H2,1-3H3,(H,55,70)(H,58,68)(H,59,67)(H,60,71)(H,73,74)(H3,54,56,72)/t32-,38?,39?,40?,43?/m0/s1. The van der Waals surface area contributed by atoms with Crippen molar-refractivity contribution in [3.05, 3.63) is 83.0 Å². The third-order valence-corrected chi connectivity index (χ3v) is 15.5. The number of nitrogens with zero attached hydrogens (tertiary/aromatic N) is 5. The van der Waals surface area contributed by atoms with Crippen molar-refractivity contribution in [2.24, 2.45) is 11.1 Å². The van der Waals surface area contributed by atoms with Gasteiger partial charge in [0.1, 0.15) is 23.6 Å². The van der Waals surface area contributed by atoms with Gasteiger partial charge in [0, 0.05) is 75.6 Å². The van der Waals surface area contributed by atoms with Crippen LogP contribution in [0.5, 0.6) is 0 Å². The van der Waals surface area contributed by atoms with Gasteiger partial charge in [-0.25, -0.2) is 19.4 Å². The third kappa shape index (κ3) is 14.5. The zero-order chi connectivity index (χ0) is 56.1. The number of nitrogens with one attached hydrogen (secondary N) is 5. The second-order valence-corrected chi connectivity index (χ2v) is 20.8. The fourth-order valence-electron chi connectivity index (χ4n) is 9.69. The molecule has 4 unspecified atom stereocenters. The minimum absolute atomic E-state index is 0.0433. The number of urea groups is 1. The Morgan fingerprint density at radius 1 is 0.846 bits per heavy atom. The Morgan fingerprint density at radius 3 is 2.13 bits per heavy atom. The van der Waals surface area contributed by atoms with Crippen LogP contribution in [0.4, 0.5) is 20.1 Å². The molecule has 25 heteroatoms. The fourth-order valence-corrected chi connectivity index (χ4v) is 10.5. The Hall–Kier alpha value is -7.93. The van der Waals surface area contributed by atoms with E-state index in [1.807, 2.05) is 43.1 Å². The molecule has 0 bridgehead atoms. The number of imide groups is 1. The van der Waals surface area contributed by atoms with Crippen LogP contribution in [-0.4, -0.2) is 167 Å². The van der Waals surface area contributed by atoms with E-state index >= 15 is 0 Å². The summed E-state index contributed by atoms with van der Waals surface area (Å²) in [5.41, 5.74) is 8.69. The van der Waals surface area contributed by atoms with Crippen molar-refractivity contribution < 1.29 is 62.5 Å². The van der Waals surface area contributed by atoms with Crippen LogP contribution in [0.1, 0.15) is 93.7 Å². The lowest BCUT2D eigenvalue weighted by Gasteiger charge is -2.39. The number of rotatable bonds is 23. The molecule has 7 rings (SSSR count). The molecule has 5 atom stereocenters. The maximum absolute atomic E-state index is 14.2. The van der Waals surface area contributed by atoms with Gasteiger partial charge >= 0.3 is 18.3 Å². The number of anilines is 1. The van der Waals surface area contributed by atoms with Crippen molar-refractivity contribution in [2.45, 2.75) is 102 Å². The molecule has 3 aliphatic heterocycles. The lowest BCUT2D eigenvalue weighted by Crippen LogP contribution is -2.58. The molecule has 418 valence electrons. The second kappa shape index (κ2) is 26.4. The van der Waals surface area contributed by atoms with E-state index in [0.29, 0.717) is 51.9 Å². The predicted octanol–water partition coefficient (Wildman–Crippen LogP) is 3.34. The van der Waals surface area contributed by atoms with Gasteiger partial charge in [0.05, 0.1) is 28.7 Å². The van der Waals surface area contributed by atoms with Gasteiger partial charge in [-0.15, -0.1) is 11.3 Å². The number of thiazole rings is 1. The first-order chi connectivity index (χ1) is 37.3. The van der Waals surface area contributed by atoms with E-state index < -0.39 is 83.6 Å². The average Bonchev–Trinajstić information content (AvgIpc) is 4.15. The smallest absolute Gasteiger partial charge is 0.465 e. The highest BCUT2D eigenvalue weighted by atomic mass is 32.1. The largest absolute Gasteiger partial charge is 0.509 e. The summed E-state index contributed by atoms with van der Waals surface area (Å²) in [5.74, 6) is -3.64. The molecule has 4 heterocycles. The van der Waals surface area contributed by atoms with Crippen molar-refractivity contribution in [3.63, 3.8) is 0 Å². The van der Waals surface area contributed by atoms with E-state index in [2.05, 4.69) is 31.6 Å². The van der Waals surface area contributed by atoms with Gasteiger partial charge in [-0.3, -0.25) is 43.4 Å². The van der Waals surface area contributed by atoms with Gasteiger partial charge in [0.2, 0.25) is 29.7 Å². The Morgan fingerprint density at radius 2 is 1.51 bits per heavy atom. The van der Waals surface area contributed by atoms with Crippen LogP contribution in [0.3, 0.4) is 0 Å². The second-order valence-electron chi connectivity index (χ2n) is 19.9. The summed E-state index contributed by atoms with van der Waals surface area (Å²) in [4.78, 5) is 141. The topological polar surface area (TPSA) is 321 Å². The minimum Gasteiger partial charge on any atom is -0.465 e. The van der Waals surface area contributed by atoms with Crippen molar-refractivity contribution >= 4 is 76.7 Å². The highest BCUT2D eigenvalue weighted by molar-refractivity contribution is 7.13. The first-order valence-corrected chi connectivity index (χ1v) is 26.9. The van der Waals surface area contributed by atoms with Crippen LogP contribution >= 0.6 is 11.3 Å². The van der Waals surface area contributed by atoms with Gasteiger partial charge < -0.3 is 56.7 Å². The van der Waals surface area contributed by atoms with Crippen LogP contribution in [0.2, 0.25) is 0 Å². The summed E-state index contributed by atoms with van der Waals surface area (Å²) in [6.07, 6.45) is 0.0169. The highest BCUT2D eigenvalue weighted by Gasteiger charge is 2.51. The van der Waals surface area contributed by atoms with Crippen LogP contribution in [-0.2, 0) is 43.0 Å². The molecule has 1 aromatic heterocycles. The molecule has 10 amide bonds. The summed E-state index contributed by atoms with van der Waals surface area (Å²) in [6, 6.07) is 9.84. The highest BCUT2D eigenvalue weighted by Crippen LogP contribution is 2.42. The van der Waals surface area contributed by atoms with Crippen molar-refractivity contribution in [1.29, 1.82) is 0 Å². The molecule has 1 saturated carbocycles. The number of likely N-dealkylation sites (tertiary alicyclic amines) is 1. The van der Waals surface area contributed by atoms with E-state index in [1.54, 1.807) is 17.3 Å². The Kier molecular flexibility index (Phi) is 19.6. The van der Waals surface area contributed by atoms with E-state index in [4.69, 9.17) is 15.2 Å². The molecule has 8 N–H and O–H groups in total. The number of aromatic nitrogens is 1. The summed E-state index contributed by atoms with van der Waals surface area (Å²) in [7, 11) is 1.91. The number of nitrogens with two attached hydrogens (primary N) is 1. The summed E-state index contributed by atoms with van der Waals surface area (Å²) in [5, 5.41) is 23.8. The number of piperazine rings is 1. The summed E-state index contributed by atoms with van der Waals surface area (Å²) in [6.45, 7) is 5.72. The first kappa shape index (κ1) is 57.8. The van der Waals surface area contributed by atoms with Gasteiger partial charge in [-0.05, 0) is 89.1 Å². The van der Waals surface area contributed by atoms with Gasteiger partial charge in [0.25, 0.3) is 17.7 Å². The van der Waals surface area contributed by atoms with E-state index in [9.17, 15) is 53.1 Å². The number of carboxylic acid groups (broad SMARTS) is 1. The summed E-state index contributed by atoms with van der Waals surface area (Å²) >= 11 is 1.52. The lowest BCUT2D eigenvalue weighted by molar-refractivity contribution is -0.151. The minimum atomic E-state index is -1.53. The number of likely N-dealkylation sites (N-methyl/N-ethyl adjacent to an activating group) is 1. The van der Waals surface area contributed by atoms with Gasteiger partial charge in [-0.2, -0.15) is 0 Å². The van der Waals surface area contributed by atoms with Crippen LogP contribution in [0.15, 0.2) is 66.2 Å². The lowest BCUT2D eigenvalue weighted by atomic mass is 9.67. The van der Waals surface area contributed by atoms with Crippen LogP contribution in [0, 0.1) is 12.3 Å². The van der Waals surface area contributed by atoms with E-state index in [0.717, 1.165) is 31.5 Å². The normalized spacial score (nSPS) is 19.0. The number of aryl methyl sites for hydroxylation is 1. The zero-order valence-corrected chi connectivity index (χ0v) is 44.6. The fraction of sp³-hybridized carbons (Fsp3) is 0.491. The number of amides is 10. The number of benzene rings is 2. The van der Waals surface area contributed by atoms with Crippen molar-refractivity contribution in [1.82, 2.24) is 45.9 Å². The molecule has 0 radical (unpaired) electrons. The molecule has 2 aromatic carbocycles. The molecule has 0 spiro atoms. The third-order valence-electron chi connectivity index (χ3n) is 14.5. The first-order valence-electron chi connectivity index (χ1n) is 26.1. The summed E-state index contributed by atoms with van der Waals surface area (Å²) < 4.78 is 11.4. The van der Waals surface area contributed by atoms with E-state index in [1.165, 1.54) is 47.8 Å². The number of hydrogen-bond donors (Lipinski definition) is 7. The van der Waals surface area contributed by atoms with Crippen LogP contribution < -0.4 is 32.3 Å². The molecule has 1 aliphatic carbocycles. The Bertz CT molecular complexity index is 2720. The number of ether oxygens (including phenoxy) is 2. The maximum Gasteiger partial charge on any atom is 0.509 e. The number of unbranched alkanes of at least 4 members (excludes halogenated alkanes) is 2. The quantitative estimate of drug-likeness (QED) is 0.0310. The Labute approximate surface area is 454 Å². The molecular weight excluding hydrogens is 1030 g/mol. The van der Waals surface area contributed by atoms with E-state index in [-0.39, 0.29) is 81.3 Å². The van der Waals surface area contributed by atoms with Gasteiger partial charge in [0.15, 0.2) is 0 Å². The zero-order valence-electron chi connectivity index (χ0n) is 43.8. The van der Waals surface area contributed by atoms with Crippen LogP contribution in [0.25, 0.3) is 10.4 Å². The molecule has 2 saturated heterocycles. The van der Waals surface area contributed by atoms with Gasteiger partial charge in [-0.1, -0.05) is 42.8 Å². The molecular formula is C53H67N11O13S. The SMILES string of the molecule is Cc1ncsc1-c1ccc([C@H](C)NC(=O)C2CC(OC(=O)OC(C(=O)N3CCN(C)CC3)c3ccc(NC(=O)C(CCCNC(N)=O)NC(=O)C4(C(=O)NCCCCCN5C(=O)C=CC5=O)CCC4)cc3)CN2C(=O)O)cc1. The molecule has 4 aliphatic rings. The molecule has 78 heavy (non-hydrogen) atoms. The number of carbonyl (C=O) groups excluding carboxylic acids is 9. The van der Waals surface area contributed by atoms with Crippen molar-refractivity contribution in [2.75, 3.05) is 64.7 Å². The number of hydrogen-bond acceptors (Lipinski definition) is 15. The monoisotopic (exact) mass is 1100 g/mol. The average molecular weight is 1100 g/mol. The molecule has 3 fully saturated rings. The predicted molar refractivity (Wildman–Crippen MR) is 283 cm³/mol. The van der Waals surface area contributed by atoms with Crippen molar-refractivity contribution in [3.8, 4) is 10.4 Å². The number of primary amides is 1.